The maximum absolute atomic E-state index is 2.52. The Kier molecular flexibility index (Phi) is 8.23. The first kappa shape index (κ1) is 37.6. The zero-order valence-electron chi connectivity index (χ0n) is 36.6. The van der Waals surface area contributed by atoms with E-state index in [1.54, 1.807) is 0 Å². The van der Waals surface area contributed by atoms with Gasteiger partial charge in [0.2, 0.25) is 0 Å². The lowest BCUT2D eigenvalue weighted by Crippen LogP contribution is -2.26. The van der Waals surface area contributed by atoms with E-state index in [2.05, 4.69) is 264 Å². The van der Waals surface area contributed by atoms with Crippen LogP contribution in [-0.4, -0.2) is 4.57 Å². The van der Waals surface area contributed by atoms with Gasteiger partial charge in [0.25, 0.3) is 0 Å². The summed E-state index contributed by atoms with van der Waals surface area (Å²) in [6, 6.07) is 94.5. The predicted molar refractivity (Wildman–Crippen MR) is 280 cm³/mol. The van der Waals surface area contributed by atoms with Crippen LogP contribution < -0.4 is 4.90 Å². The molecule has 2 nitrogen and oxygen atoms in total. The lowest BCUT2D eigenvalue weighted by atomic mass is 9.70. The van der Waals surface area contributed by atoms with Gasteiger partial charge in [-0.1, -0.05) is 194 Å². The van der Waals surface area contributed by atoms with Crippen LogP contribution in [0.3, 0.4) is 0 Å². The fraction of sp³-hybridized carbons (Fsp3) is 0.0154. The molecule has 0 saturated carbocycles. The molecule has 2 heteroatoms. The fourth-order valence-electron chi connectivity index (χ4n) is 11.8. The summed E-state index contributed by atoms with van der Waals surface area (Å²) in [6.45, 7) is 0. The number of para-hydroxylation sites is 2. The van der Waals surface area contributed by atoms with Crippen LogP contribution in [0.15, 0.2) is 255 Å². The van der Waals surface area contributed by atoms with E-state index >= 15 is 0 Å². The van der Waals surface area contributed by atoms with E-state index in [-0.39, 0.29) is 0 Å². The lowest BCUT2D eigenvalue weighted by molar-refractivity contribution is 0.793. The molecular formula is C65H42N2. The molecule has 0 fully saturated rings. The van der Waals surface area contributed by atoms with Crippen molar-refractivity contribution in [2.45, 2.75) is 5.41 Å². The Morgan fingerprint density at radius 1 is 0.328 bits per heavy atom. The Labute approximate surface area is 389 Å². The Morgan fingerprint density at radius 3 is 1.57 bits per heavy atom. The van der Waals surface area contributed by atoms with Crippen LogP contribution in [-0.2, 0) is 5.41 Å². The highest BCUT2D eigenvalue weighted by Gasteiger charge is 2.51. The van der Waals surface area contributed by atoms with E-state index in [9.17, 15) is 0 Å². The number of hydrogen-bond donors (Lipinski definition) is 0. The number of aromatic nitrogens is 1. The largest absolute Gasteiger partial charge is 0.310 e. The van der Waals surface area contributed by atoms with Crippen molar-refractivity contribution < 1.29 is 0 Å². The summed E-state index contributed by atoms with van der Waals surface area (Å²) < 4.78 is 2.43. The minimum Gasteiger partial charge on any atom is -0.310 e. The Morgan fingerprint density at radius 2 is 0.866 bits per heavy atom. The molecule has 0 aliphatic heterocycles. The van der Waals surface area contributed by atoms with Crippen LogP contribution in [0, 0.1) is 0 Å². The SMILES string of the molecule is c1ccc(-c2ccc(N(c3ccc4c(c3)C3(c5ccccc5-c5ccccc53)c3ccccc3-4)c3ccc4c(c3-c3ccc5ccccc5c3)c3ccccc3n4-c3ccccc3)cc2)cc1. The molecule has 0 atom stereocenters. The Hall–Kier alpha value is -8.72. The van der Waals surface area contributed by atoms with Crippen LogP contribution in [0.1, 0.15) is 22.3 Å². The van der Waals surface area contributed by atoms with Gasteiger partial charge in [-0.15, -0.1) is 0 Å². The summed E-state index contributed by atoms with van der Waals surface area (Å²) in [7, 11) is 0. The van der Waals surface area contributed by atoms with Gasteiger partial charge in [0.1, 0.15) is 0 Å². The Balaban J connectivity index is 1.09. The minimum absolute atomic E-state index is 0.480. The molecule has 1 heterocycles. The van der Waals surface area contributed by atoms with Gasteiger partial charge in [-0.2, -0.15) is 0 Å². The third-order valence-corrected chi connectivity index (χ3v) is 14.6. The molecule has 312 valence electrons. The van der Waals surface area contributed by atoms with Crippen molar-refractivity contribution in [2.75, 3.05) is 4.90 Å². The average Bonchev–Trinajstić information content (AvgIpc) is 4.01. The summed E-state index contributed by atoms with van der Waals surface area (Å²) in [5.41, 5.74) is 21.6. The molecule has 0 N–H and O–H groups in total. The maximum Gasteiger partial charge on any atom is 0.0726 e. The molecule has 0 bridgehead atoms. The van der Waals surface area contributed by atoms with Crippen molar-refractivity contribution in [3.63, 3.8) is 0 Å². The van der Waals surface area contributed by atoms with Crippen molar-refractivity contribution in [3.8, 4) is 50.2 Å². The van der Waals surface area contributed by atoms with Crippen LogP contribution in [0.25, 0.3) is 82.8 Å². The standard InChI is InChI=1S/C65H42N2/c1-3-17-43(18-4-1)45-33-35-49(36-34-45)66(50-37-38-54-53-25-11-15-29-58(53)65(59(54)42-50)56-27-13-9-23-51(56)52-24-10-14-28-57(52)65)61-39-40-62-64(63(61)47-32-31-44-19-7-8-20-46(44)41-47)55-26-12-16-30-60(55)67(62)48-21-5-2-6-22-48/h1-42H. The lowest BCUT2D eigenvalue weighted by Gasteiger charge is -2.33. The highest BCUT2D eigenvalue weighted by atomic mass is 15.1. The van der Waals surface area contributed by atoms with E-state index in [0.29, 0.717) is 0 Å². The topological polar surface area (TPSA) is 8.17 Å². The van der Waals surface area contributed by atoms with Crippen LogP contribution in [0.5, 0.6) is 0 Å². The summed E-state index contributed by atoms with van der Waals surface area (Å²) >= 11 is 0. The summed E-state index contributed by atoms with van der Waals surface area (Å²) in [6.07, 6.45) is 0. The third kappa shape index (κ3) is 5.45. The second kappa shape index (κ2) is 14.7. The average molecular weight is 851 g/mol. The van der Waals surface area contributed by atoms with Crippen LogP contribution >= 0.6 is 0 Å². The van der Waals surface area contributed by atoms with Gasteiger partial charge in [-0.25, -0.2) is 0 Å². The van der Waals surface area contributed by atoms with E-state index in [4.69, 9.17) is 0 Å². The van der Waals surface area contributed by atoms with Gasteiger partial charge < -0.3 is 9.47 Å². The smallest absolute Gasteiger partial charge is 0.0726 e. The minimum atomic E-state index is -0.480. The van der Waals surface area contributed by atoms with Crippen molar-refractivity contribution in [2.24, 2.45) is 0 Å². The van der Waals surface area contributed by atoms with Gasteiger partial charge in [-0.3, -0.25) is 0 Å². The molecule has 0 amide bonds. The van der Waals surface area contributed by atoms with Gasteiger partial charge in [0.05, 0.1) is 22.1 Å². The number of benzene rings is 11. The number of anilines is 3. The van der Waals surface area contributed by atoms with E-state index in [1.807, 2.05) is 0 Å². The summed E-state index contributed by atoms with van der Waals surface area (Å²) in [4.78, 5) is 2.52. The van der Waals surface area contributed by atoms with E-state index in [0.717, 1.165) is 22.7 Å². The van der Waals surface area contributed by atoms with Gasteiger partial charge in [-0.05, 0) is 133 Å². The van der Waals surface area contributed by atoms with E-state index < -0.39 is 5.41 Å². The maximum atomic E-state index is 2.52. The number of fused-ring (bicyclic) bond motifs is 14. The predicted octanol–water partition coefficient (Wildman–Crippen LogP) is 17.1. The van der Waals surface area contributed by atoms with Gasteiger partial charge in [0.15, 0.2) is 0 Å². The number of hydrogen-bond acceptors (Lipinski definition) is 1. The molecular weight excluding hydrogens is 809 g/mol. The molecule has 2 aliphatic carbocycles. The first-order valence-corrected chi connectivity index (χ1v) is 23.3. The summed E-state index contributed by atoms with van der Waals surface area (Å²) in [5, 5.41) is 4.88. The Bertz CT molecular complexity index is 3850. The molecule has 0 radical (unpaired) electrons. The second-order valence-corrected chi connectivity index (χ2v) is 18.0. The molecule has 0 saturated heterocycles. The molecule has 12 aromatic rings. The fourth-order valence-corrected chi connectivity index (χ4v) is 11.8. The molecule has 11 aromatic carbocycles. The zero-order valence-corrected chi connectivity index (χ0v) is 36.6. The number of nitrogens with zero attached hydrogens (tertiary/aromatic N) is 2. The number of rotatable bonds is 6. The molecule has 1 aromatic heterocycles. The van der Waals surface area contributed by atoms with Crippen LogP contribution in [0.2, 0.25) is 0 Å². The van der Waals surface area contributed by atoms with Crippen molar-refractivity contribution >= 4 is 49.6 Å². The summed E-state index contributed by atoms with van der Waals surface area (Å²) in [5.74, 6) is 0. The quantitative estimate of drug-likeness (QED) is 0.162. The van der Waals surface area contributed by atoms with Crippen molar-refractivity contribution in [1.82, 2.24) is 4.57 Å². The first-order valence-electron chi connectivity index (χ1n) is 23.3. The normalized spacial score (nSPS) is 12.9. The zero-order chi connectivity index (χ0) is 44.1. The van der Waals surface area contributed by atoms with Gasteiger partial charge >= 0.3 is 0 Å². The third-order valence-electron chi connectivity index (χ3n) is 14.6. The molecule has 2 aliphatic rings. The molecule has 0 unspecified atom stereocenters. The van der Waals surface area contributed by atoms with Crippen molar-refractivity contribution in [3.05, 3.63) is 277 Å². The van der Waals surface area contributed by atoms with E-state index in [1.165, 1.54) is 99.3 Å². The van der Waals surface area contributed by atoms with Crippen molar-refractivity contribution in [1.29, 1.82) is 0 Å². The first-order chi connectivity index (χ1) is 33.3. The highest BCUT2D eigenvalue weighted by Crippen LogP contribution is 2.63. The molecule has 1 spiro atoms. The molecule has 67 heavy (non-hydrogen) atoms. The second-order valence-electron chi connectivity index (χ2n) is 18.0. The monoisotopic (exact) mass is 850 g/mol. The molecule has 14 rings (SSSR count). The van der Waals surface area contributed by atoms with Gasteiger partial charge in [0, 0.05) is 33.4 Å². The van der Waals surface area contributed by atoms with Crippen LogP contribution in [0.4, 0.5) is 17.1 Å². The highest BCUT2D eigenvalue weighted by molar-refractivity contribution is 6.19.